The quantitative estimate of drug-likeness (QED) is 0.686. The second kappa shape index (κ2) is 6.07. The lowest BCUT2D eigenvalue weighted by molar-refractivity contribution is 0.0952. The summed E-state index contributed by atoms with van der Waals surface area (Å²) in [6.45, 7) is 6.29. The Labute approximate surface area is 98.6 Å². The number of hydrogen-bond donors (Lipinski definition) is 0. The van der Waals surface area contributed by atoms with Gasteiger partial charge in [0.1, 0.15) is 0 Å². The lowest BCUT2D eigenvalue weighted by Crippen LogP contribution is -2.47. The smallest absolute Gasteiger partial charge is 0.0351 e. The molecule has 3 heteroatoms. The predicted molar refractivity (Wildman–Crippen MR) is 65.6 cm³/mol. The van der Waals surface area contributed by atoms with E-state index in [2.05, 4.69) is 9.80 Å². The maximum absolute atomic E-state index is 5.77. The molecule has 2 saturated heterocycles. The molecule has 2 rings (SSSR count). The molecule has 0 amide bonds. The molecule has 0 N–H and O–H groups in total. The summed E-state index contributed by atoms with van der Waals surface area (Å²) >= 11 is 5.77. The van der Waals surface area contributed by atoms with Crippen molar-refractivity contribution in [2.45, 2.75) is 38.1 Å². The van der Waals surface area contributed by atoms with Gasteiger partial charge in [-0.05, 0) is 51.9 Å². The van der Waals surface area contributed by atoms with E-state index in [9.17, 15) is 0 Å². The first-order valence-corrected chi connectivity index (χ1v) is 6.96. The van der Waals surface area contributed by atoms with E-state index in [0.717, 1.165) is 18.5 Å². The minimum Gasteiger partial charge on any atom is -0.302 e. The average molecular weight is 231 g/mol. The fraction of sp³-hybridized carbons (Fsp3) is 1.00. The Morgan fingerprint density at radius 2 is 1.60 bits per heavy atom. The molecule has 0 saturated carbocycles. The standard InChI is InChI=1S/C12H23ClN2/c13-6-11-14-9-4-12(5-10-14)15-7-2-1-3-8-15/h12H,1-11H2. The molecular formula is C12H23ClN2. The molecule has 0 bridgehead atoms. The third-order valence-corrected chi connectivity index (χ3v) is 4.03. The summed E-state index contributed by atoms with van der Waals surface area (Å²) < 4.78 is 0. The van der Waals surface area contributed by atoms with Crippen LogP contribution in [0.5, 0.6) is 0 Å². The highest BCUT2D eigenvalue weighted by Gasteiger charge is 2.24. The van der Waals surface area contributed by atoms with Crippen molar-refractivity contribution in [3.8, 4) is 0 Å². The molecule has 0 aromatic heterocycles. The molecule has 0 spiro atoms. The first-order chi connectivity index (χ1) is 7.40. The minimum atomic E-state index is 0.786. The van der Waals surface area contributed by atoms with E-state index in [-0.39, 0.29) is 0 Å². The van der Waals surface area contributed by atoms with Crippen molar-refractivity contribution in [1.29, 1.82) is 0 Å². The first-order valence-electron chi connectivity index (χ1n) is 6.42. The van der Waals surface area contributed by atoms with E-state index >= 15 is 0 Å². The number of rotatable bonds is 3. The zero-order chi connectivity index (χ0) is 10.5. The zero-order valence-corrected chi connectivity index (χ0v) is 10.4. The van der Waals surface area contributed by atoms with Crippen LogP contribution < -0.4 is 0 Å². The van der Waals surface area contributed by atoms with Crippen molar-refractivity contribution >= 4 is 11.6 Å². The average Bonchev–Trinajstić information content (AvgIpc) is 2.32. The van der Waals surface area contributed by atoms with Crippen LogP contribution in [0.15, 0.2) is 0 Å². The molecule has 2 nitrogen and oxygen atoms in total. The Morgan fingerprint density at radius 3 is 2.20 bits per heavy atom. The highest BCUT2D eigenvalue weighted by Crippen LogP contribution is 2.20. The maximum Gasteiger partial charge on any atom is 0.0351 e. The molecule has 2 fully saturated rings. The summed E-state index contributed by atoms with van der Waals surface area (Å²) in [5, 5.41) is 0. The molecule has 0 radical (unpaired) electrons. The largest absolute Gasteiger partial charge is 0.302 e. The molecule has 0 aromatic rings. The molecule has 88 valence electrons. The lowest BCUT2D eigenvalue weighted by atomic mass is 10.00. The Hall–Kier alpha value is 0.210. The van der Waals surface area contributed by atoms with E-state index in [0.29, 0.717) is 0 Å². The summed E-state index contributed by atoms with van der Waals surface area (Å²) in [6, 6.07) is 0.872. The van der Waals surface area contributed by atoms with Gasteiger partial charge >= 0.3 is 0 Å². The van der Waals surface area contributed by atoms with Crippen LogP contribution in [0.2, 0.25) is 0 Å². The SMILES string of the molecule is ClCCN1CCC(N2CCCCC2)CC1. The summed E-state index contributed by atoms with van der Waals surface area (Å²) in [7, 11) is 0. The molecule has 0 unspecified atom stereocenters. The second-order valence-corrected chi connectivity index (χ2v) is 5.24. The van der Waals surface area contributed by atoms with Gasteiger partial charge in [0.05, 0.1) is 0 Å². The van der Waals surface area contributed by atoms with Crippen LogP contribution in [0, 0.1) is 0 Å². The number of piperidine rings is 2. The van der Waals surface area contributed by atoms with Crippen LogP contribution in [0.3, 0.4) is 0 Å². The van der Waals surface area contributed by atoms with Crippen molar-refractivity contribution in [2.24, 2.45) is 0 Å². The van der Waals surface area contributed by atoms with Gasteiger partial charge in [0, 0.05) is 18.5 Å². The number of nitrogens with zero attached hydrogens (tertiary/aromatic N) is 2. The normalized spacial score (nSPS) is 27.0. The molecular weight excluding hydrogens is 208 g/mol. The van der Waals surface area contributed by atoms with Crippen LogP contribution in [-0.2, 0) is 0 Å². The van der Waals surface area contributed by atoms with E-state index in [4.69, 9.17) is 11.6 Å². The number of hydrogen-bond acceptors (Lipinski definition) is 2. The summed E-state index contributed by atoms with van der Waals surface area (Å²) in [5.41, 5.74) is 0. The van der Waals surface area contributed by atoms with Crippen molar-refractivity contribution in [1.82, 2.24) is 9.80 Å². The van der Waals surface area contributed by atoms with E-state index in [1.165, 1.54) is 58.3 Å². The highest BCUT2D eigenvalue weighted by molar-refractivity contribution is 6.18. The fourth-order valence-corrected chi connectivity index (χ4v) is 3.15. The summed E-state index contributed by atoms with van der Waals surface area (Å²) in [4.78, 5) is 5.23. The first kappa shape index (κ1) is 11.7. The Kier molecular flexibility index (Phi) is 4.73. The van der Waals surface area contributed by atoms with Gasteiger partial charge in [0.25, 0.3) is 0 Å². The molecule has 2 aliphatic heterocycles. The second-order valence-electron chi connectivity index (χ2n) is 4.86. The molecule has 2 aliphatic rings. The van der Waals surface area contributed by atoms with Gasteiger partial charge in [-0.3, -0.25) is 0 Å². The zero-order valence-electron chi connectivity index (χ0n) is 9.63. The van der Waals surface area contributed by atoms with Gasteiger partial charge < -0.3 is 9.80 Å². The fourth-order valence-electron chi connectivity index (χ4n) is 2.91. The van der Waals surface area contributed by atoms with Crippen molar-refractivity contribution in [3.63, 3.8) is 0 Å². The van der Waals surface area contributed by atoms with Crippen molar-refractivity contribution in [2.75, 3.05) is 38.6 Å². The minimum absolute atomic E-state index is 0.786. The number of halogens is 1. The third kappa shape index (κ3) is 3.33. The molecule has 0 atom stereocenters. The number of alkyl halides is 1. The van der Waals surface area contributed by atoms with Crippen LogP contribution >= 0.6 is 11.6 Å². The van der Waals surface area contributed by atoms with Crippen molar-refractivity contribution in [3.05, 3.63) is 0 Å². The van der Waals surface area contributed by atoms with Gasteiger partial charge in [-0.1, -0.05) is 6.42 Å². The van der Waals surface area contributed by atoms with E-state index in [1.807, 2.05) is 0 Å². The lowest BCUT2D eigenvalue weighted by Gasteiger charge is -2.40. The Morgan fingerprint density at radius 1 is 0.933 bits per heavy atom. The maximum atomic E-state index is 5.77. The summed E-state index contributed by atoms with van der Waals surface area (Å²) in [5.74, 6) is 0.786. The molecule has 0 aliphatic carbocycles. The van der Waals surface area contributed by atoms with Gasteiger partial charge in [-0.25, -0.2) is 0 Å². The van der Waals surface area contributed by atoms with Gasteiger partial charge in [-0.2, -0.15) is 0 Å². The van der Waals surface area contributed by atoms with Crippen molar-refractivity contribution < 1.29 is 0 Å². The van der Waals surface area contributed by atoms with Gasteiger partial charge in [-0.15, -0.1) is 11.6 Å². The predicted octanol–water partition coefficient (Wildman–Crippen LogP) is 2.18. The monoisotopic (exact) mass is 230 g/mol. The van der Waals surface area contributed by atoms with Crippen LogP contribution in [-0.4, -0.2) is 54.4 Å². The van der Waals surface area contributed by atoms with E-state index < -0.39 is 0 Å². The van der Waals surface area contributed by atoms with Crippen LogP contribution in [0.4, 0.5) is 0 Å². The highest BCUT2D eigenvalue weighted by atomic mass is 35.5. The molecule has 2 heterocycles. The summed E-state index contributed by atoms with van der Waals surface area (Å²) in [6.07, 6.45) is 7.00. The van der Waals surface area contributed by atoms with Crippen LogP contribution in [0.1, 0.15) is 32.1 Å². The van der Waals surface area contributed by atoms with E-state index in [1.54, 1.807) is 0 Å². The Bertz CT molecular complexity index is 172. The van der Waals surface area contributed by atoms with Gasteiger partial charge in [0.15, 0.2) is 0 Å². The molecule has 15 heavy (non-hydrogen) atoms. The Balaban J connectivity index is 1.72. The van der Waals surface area contributed by atoms with Gasteiger partial charge in [0.2, 0.25) is 0 Å². The van der Waals surface area contributed by atoms with Crippen LogP contribution in [0.25, 0.3) is 0 Å². The number of likely N-dealkylation sites (tertiary alicyclic amines) is 2. The topological polar surface area (TPSA) is 6.48 Å². The third-order valence-electron chi connectivity index (χ3n) is 3.86. The molecule has 0 aromatic carbocycles.